The van der Waals surface area contributed by atoms with Crippen molar-refractivity contribution in [3.63, 3.8) is 0 Å². The first-order valence-corrected chi connectivity index (χ1v) is 9.96. The standard InChI is InChI=1S/C24H20F3N3O3/c1-30-13-12-28-22(30)21(17-8-3-4-9-19(17)32-2)29-23(31)20-11-10-18(33-20)15-6-5-7-16(14-15)24(25,26)27/h3-14,21H,1-2H3,(H,29,31). The fourth-order valence-electron chi connectivity index (χ4n) is 3.51. The molecule has 0 bridgehead atoms. The van der Waals surface area contributed by atoms with Crippen LogP contribution in [0.25, 0.3) is 11.3 Å². The second kappa shape index (κ2) is 8.85. The molecule has 170 valence electrons. The first-order valence-electron chi connectivity index (χ1n) is 9.96. The van der Waals surface area contributed by atoms with Crippen molar-refractivity contribution < 1.29 is 27.1 Å². The Morgan fingerprint density at radius 2 is 1.91 bits per heavy atom. The molecule has 33 heavy (non-hydrogen) atoms. The number of nitrogens with zero attached hydrogens (tertiary/aromatic N) is 2. The topological polar surface area (TPSA) is 69.3 Å². The summed E-state index contributed by atoms with van der Waals surface area (Å²) in [5, 5.41) is 2.89. The molecule has 0 aliphatic carbocycles. The zero-order chi connectivity index (χ0) is 23.6. The summed E-state index contributed by atoms with van der Waals surface area (Å²) in [5.41, 5.74) is 0.106. The summed E-state index contributed by atoms with van der Waals surface area (Å²) in [6.07, 6.45) is -1.11. The summed E-state index contributed by atoms with van der Waals surface area (Å²) in [5.74, 6) is 0.688. The number of methoxy groups -OCH3 is 1. The molecule has 0 fully saturated rings. The van der Waals surface area contributed by atoms with Gasteiger partial charge in [-0.25, -0.2) is 4.98 Å². The third kappa shape index (κ3) is 4.62. The minimum atomic E-state index is -4.48. The van der Waals surface area contributed by atoms with E-state index in [9.17, 15) is 18.0 Å². The molecule has 0 aliphatic heterocycles. The Hall–Kier alpha value is -4.01. The van der Waals surface area contributed by atoms with Gasteiger partial charge in [-0.2, -0.15) is 13.2 Å². The number of carbonyl (C=O) groups is 1. The molecule has 1 atom stereocenters. The van der Waals surface area contributed by atoms with Crippen LogP contribution in [-0.4, -0.2) is 22.6 Å². The third-order valence-electron chi connectivity index (χ3n) is 5.15. The van der Waals surface area contributed by atoms with Gasteiger partial charge in [-0.1, -0.05) is 30.3 Å². The molecule has 1 N–H and O–H groups in total. The number of imidazole rings is 1. The van der Waals surface area contributed by atoms with Crippen LogP contribution in [0.1, 0.15) is 33.5 Å². The fraction of sp³-hybridized carbons (Fsp3) is 0.167. The lowest BCUT2D eigenvalue weighted by Crippen LogP contribution is -2.31. The average molecular weight is 455 g/mol. The summed E-state index contributed by atoms with van der Waals surface area (Å²) < 4.78 is 51.9. The van der Waals surface area contributed by atoms with E-state index in [1.54, 1.807) is 30.1 Å². The number of hydrogen-bond donors (Lipinski definition) is 1. The number of aromatic nitrogens is 2. The van der Waals surface area contributed by atoms with Gasteiger partial charge in [0.1, 0.15) is 23.4 Å². The monoisotopic (exact) mass is 455 g/mol. The molecule has 4 aromatic rings. The van der Waals surface area contributed by atoms with Crippen LogP contribution < -0.4 is 10.1 Å². The average Bonchev–Trinajstić information content (AvgIpc) is 3.46. The molecular weight excluding hydrogens is 435 g/mol. The maximum atomic E-state index is 13.0. The molecule has 0 saturated heterocycles. The second-order valence-corrected chi connectivity index (χ2v) is 7.29. The lowest BCUT2D eigenvalue weighted by atomic mass is 10.0. The van der Waals surface area contributed by atoms with Crippen LogP contribution >= 0.6 is 0 Å². The summed E-state index contributed by atoms with van der Waals surface area (Å²) >= 11 is 0. The highest BCUT2D eigenvalue weighted by atomic mass is 19.4. The van der Waals surface area contributed by atoms with E-state index in [2.05, 4.69) is 10.3 Å². The summed E-state index contributed by atoms with van der Waals surface area (Å²) in [6.45, 7) is 0. The first-order chi connectivity index (χ1) is 15.8. The smallest absolute Gasteiger partial charge is 0.416 e. The molecule has 1 unspecified atom stereocenters. The van der Waals surface area contributed by atoms with Gasteiger partial charge in [-0.3, -0.25) is 4.79 Å². The van der Waals surface area contributed by atoms with Crippen molar-refractivity contribution in [2.45, 2.75) is 12.2 Å². The summed E-state index contributed by atoms with van der Waals surface area (Å²) in [7, 11) is 3.33. The van der Waals surface area contributed by atoms with Crippen molar-refractivity contribution in [3.8, 4) is 17.1 Å². The second-order valence-electron chi connectivity index (χ2n) is 7.29. The highest BCUT2D eigenvalue weighted by Crippen LogP contribution is 2.33. The molecule has 0 radical (unpaired) electrons. The minimum Gasteiger partial charge on any atom is -0.496 e. The molecule has 2 aromatic carbocycles. The summed E-state index contributed by atoms with van der Waals surface area (Å²) in [6, 6.07) is 14.2. The minimum absolute atomic E-state index is 0.0449. The van der Waals surface area contributed by atoms with Crippen LogP contribution in [0, 0.1) is 0 Å². The number of hydrogen-bond acceptors (Lipinski definition) is 4. The predicted octanol–water partition coefficient (Wildman–Crippen LogP) is 5.23. The number of furan rings is 1. The number of rotatable bonds is 6. The van der Waals surface area contributed by atoms with E-state index < -0.39 is 23.7 Å². The zero-order valence-electron chi connectivity index (χ0n) is 17.8. The van der Waals surface area contributed by atoms with E-state index in [4.69, 9.17) is 9.15 Å². The molecule has 2 aromatic heterocycles. The van der Waals surface area contributed by atoms with Gasteiger partial charge in [0.05, 0.1) is 12.7 Å². The van der Waals surface area contributed by atoms with E-state index in [1.165, 1.54) is 31.4 Å². The predicted molar refractivity (Wildman–Crippen MR) is 115 cm³/mol. The van der Waals surface area contributed by atoms with Crippen LogP contribution in [0.2, 0.25) is 0 Å². The Morgan fingerprint density at radius 1 is 1.12 bits per heavy atom. The number of para-hydroxylation sites is 1. The number of carbonyl (C=O) groups excluding carboxylic acids is 1. The van der Waals surface area contributed by atoms with Gasteiger partial charge >= 0.3 is 6.18 Å². The lowest BCUT2D eigenvalue weighted by Gasteiger charge is -2.20. The van der Waals surface area contributed by atoms with Crippen LogP contribution in [0.5, 0.6) is 5.75 Å². The maximum Gasteiger partial charge on any atom is 0.416 e. The summed E-state index contributed by atoms with van der Waals surface area (Å²) in [4.78, 5) is 17.4. The van der Waals surface area contributed by atoms with Crippen LogP contribution in [0.15, 0.2) is 77.5 Å². The number of halogens is 3. The Bertz CT molecular complexity index is 1280. The molecule has 0 saturated carbocycles. The largest absolute Gasteiger partial charge is 0.496 e. The van der Waals surface area contributed by atoms with Crippen molar-refractivity contribution in [3.05, 3.63) is 95.8 Å². The van der Waals surface area contributed by atoms with Crippen LogP contribution in [0.4, 0.5) is 13.2 Å². The molecule has 0 aliphatic rings. The lowest BCUT2D eigenvalue weighted by molar-refractivity contribution is -0.137. The Morgan fingerprint density at radius 3 is 2.61 bits per heavy atom. The Balaban J connectivity index is 1.64. The normalized spacial score (nSPS) is 12.4. The Kier molecular flexibility index (Phi) is 5.95. The molecule has 1 amide bonds. The highest BCUT2D eigenvalue weighted by molar-refractivity contribution is 5.92. The zero-order valence-corrected chi connectivity index (χ0v) is 17.8. The molecule has 0 spiro atoms. The SMILES string of the molecule is COc1ccccc1C(NC(=O)c1ccc(-c2cccc(C(F)(F)F)c2)o1)c1nccn1C. The number of nitrogens with one attached hydrogen (secondary N) is 1. The first kappa shape index (κ1) is 22.2. The van der Waals surface area contributed by atoms with Crippen LogP contribution in [0.3, 0.4) is 0 Å². The van der Waals surface area contributed by atoms with Gasteiger partial charge in [0.25, 0.3) is 5.91 Å². The number of amides is 1. The van der Waals surface area contributed by atoms with E-state index in [0.717, 1.165) is 12.1 Å². The van der Waals surface area contributed by atoms with E-state index in [1.807, 2.05) is 18.2 Å². The van der Waals surface area contributed by atoms with Crippen molar-refractivity contribution in [1.29, 1.82) is 0 Å². The molecule has 6 nitrogen and oxygen atoms in total. The van der Waals surface area contributed by atoms with Gasteiger partial charge in [0.2, 0.25) is 0 Å². The number of ether oxygens (including phenoxy) is 1. The number of alkyl halides is 3. The van der Waals surface area contributed by atoms with Gasteiger partial charge in [-0.05, 0) is 30.3 Å². The van der Waals surface area contributed by atoms with Crippen LogP contribution in [-0.2, 0) is 13.2 Å². The molecular formula is C24H20F3N3O3. The van der Waals surface area contributed by atoms with Gasteiger partial charge < -0.3 is 19.0 Å². The fourth-order valence-corrected chi connectivity index (χ4v) is 3.51. The molecule has 2 heterocycles. The van der Waals surface area contributed by atoms with Crippen molar-refractivity contribution >= 4 is 5.91 Å². The van der Waals surface area contributed by atoms with E-state index in [-0.39, 0.29) is 17.1 Å². The maximum absolute atomic E-state index is 13.0. The van der Waals surface area contributed by atoms with Crippen molar-refractivity contribution in [2.75, 3.05) is 7.11 Å². The quantitative estimate of drug-likeness (QED) is 0.433. The molecule has 9 heteroatoms. The van der Waals surface area contributed by atoms with Crippen molar-refractivity contribution in [1.82, 2.24) is 14.9 Å². The van der Waals surface area contributed by atoms with Gasteiger partial charge in [0, 0.05) is 30.6 Å². The van der Waals surface area contributed by atoms with E-state index >= 15 is 0 Å². The van der Waals surface area contributed by atoms with Gasteiger partial charge in [-0.15, -0.1) is 0 Å². The molecule has 4 rings (SSSR count). The van der Waals surface area contributed by atoms with E-state index in [0.29, 0.717) is 17.1 Å². The highest BCUT2D eigenvalue weighted by Gasteiger charge is 2.31. The van der Waals surface area contributed by atoms with Crippen molar-refractivity contribution in [2.24, 2.45) is 7.05 Å². The third-order valence-corrected chi connectivity index (χ3v) is 5.15. The number of benzene rings is 2. The van der Waals surface area contributed by atoms with Gasteiger partial charge in [0.15, 0.2) is 5.76 Å². The Labute approximate surface area is 187 Å². The number of aryl methyl sites for hydroxylation is 1.